The topological polar surface area (TPSA) is 119 Å². The van der Waals surface area contributed by atoms with Crippen molar-refractivity contribution < 1.29 is 22.7 Å². The summed E-state index contributed by atoms with van der Waals surface area (Å²) in [6.07, 6.45) is 0.587. The van der Waals surface area contributed by atoms with Crippen LogP contribution in [0.15, 0.2) is 41.3 Å². The van der Waals surface area contributed by atoms with Gasteiger partial charge in [0.2, 0.25) is 11.8 Å². The number of benzene rings is 2. The van der Waals surface area contributed by atoms with Crippen LogP contribution >= 0.6 is 0 Å². The molecule has 2 heterocycles. The first-order chi connectivity index (χ1) is 16.1. The zero-order valence-electron chi connectivity index (χ0n) is 19.4. The molecule has 1 amide bonds. The normalized spacial score (nSPS) is 13.8. The number of nitrogens with zero attached hydrogens (tertiary/aromatic N) is 2. The first-order valence-corrected chi connectivity index (χ1v) is 12.4. The lowest BCUT2D eigenvalue weighted by molar-refractivity contribution is -0.116. The average molecular weight is 483 g/mol. The summed E-state index contributed by atoms with van der Waals surface area (Å²) in [6, 6.07) is 10.0. The minimum Gasteiger partial charge on any atom is -0.495 e. The third-order valence-electron chi connectivity index (χ3n) is 5.85. The van der Waals surface area contributed by atoms with Gasteiger partial charge in [-0.1, -0.05) is 19.1 Å². The van der Waals surface area contributed by atoms with Crippen molar-refractivity contribution in [2.45, 2.75) is 44.9 Å². The van der Waals surface area contributed by atoms with Gasteiger partial charge in [-0.3, -0.25) is 14.3 Å². The van der Waals surface area contributed by atoms with Gasteiger partial charge in [-0.2, -0.15) is 9.78 Å². The number of nitrogens with one attached hydrogen (secondary N) is 2. The van der Waals surface area contributed by atoms with Crippen LogP contribution in [0.25, 0.3) is 11.1 Å². The zero-order valence-corrected chi connectivity index (χ0v) is 20.2. The Bertz CT molecular complexity index is 1410. The van der Waals surface area contributed by atoms with Crippen LogP contribution in [0.3, 0.4) is 0 Å². The van der Waals surface area contributed by atoms with Crippen LogP contribution in [0.2, 0.25) is 0 Å². The van der Waals surface area contributed by atoms with E-state index in [2.05, 4.69) is 15.1 Å². The second kappa shape index (κ2) is 8.94. The second-order valence-electron chi connectivity index (χ2n) is 8.15. The van der Waals surface area contributed by atoms with Gasteiger partial charge in [-0.15, -0.1) is 0 Å². The number of aryl methyl sites for hydroxylation is 3. The number of carbonyl (C=O) groups is 2. The van der Waals surface area contributed by atoms with Crippen molar-refractivity contribution >= 4 is 33.3 Å². The van der Waals surface area contributed by atoms with E-state index in [0.29, 0.717) is 28.9 Å². The minimum absolute atomic E-state index is 0.0469. The maximum Gasteiger partial charge on any atom is 0.265 e. The molecule has 9 nitrogen and oxygen atoms in total. The van der Waals surface area contributed by atoms with Crippen molar-refractivity contribution in [3.05, 3.63) is 53.2 Å². The summed E-state index contributed by atoms with van der Waals surface area (Å²) in [6.45, 7) is 5.73. The van der Waals surface area contributed by atoms with Crippen LogP contribution in [-0.2, 0) is 21.2 Å². The molecule has 1 aliphatic heterocycles. The van der Waals surface area contributed by atoms with Crippen LogP contribution in [0.4, 0.5) is 11.5 Å². The number of amides is 1. The lowest BCUT2D eigenvalue weighted by Gasteiger charge is -2.15. The molecule has 0 atom stereocenters. The molecular formula is C24H26N4O5S. The van der Waals surface area contributed by atoms with Gasteiger partial charge in [0.15, 0.2) is 0 Å². The van der Waals surface area contributed by atoms with Crippen LogP contribution < -0.4 is 14.8 Å². The molecule has 3 aromatic rings. The highest BCUT2D eigenvalue weighted by Crippen LogP contribution is 2.37. The van der Waals surface area contributed by atoms with Gasteiger partial charge in [-0.05, 0) is 61.2 Å². The number of fused-ring (bicyclic) bond motifs is 1. The molecule has 0 saturated carbocycles. The van der Waals surface area contributed by atoms with Gasteiger partial charge in [0, 0.05) is 24.1 Å². The minimum atomic E-state index is -4.03. The van der Waals surface area contributed by atoms with E-state index < -0.39 is 10.0 Å². The second-order valence-corrected chi connectivity index (χ2v) is 9.80. The van der Waals surface area contributed by atoms with E-state index >= 15 is 0 Å². The van der Waals surface area contributed by atoms with E-state index in [4.69, 9.17) is 4.74 Å². The Balaban J connectivity index is 1.85. The highest BCUT2D eigenvalue weighted by atomic mass is 32.2. The highest BCUT2D eigenvalue weighted by molar-refractivity contribution is 7.92. The molecule has 0 saturated heterocycles. The largest absolute Gasteiger partial charge is 0.495 e. The number of ether oxygens (including phenoxy) is 1. The zero-order chi connectivity index (χ0) is 24.6. The molecule has 4 rings (SSSR count). The summed E-state index contributed by atoms with van der Waals surface area (Å²) in [4.78, 5) is 24.7. The monoisotopic (exact) mass is 482 g/mol. The van der Waals surface area contributed by atoms with Crippen LogP contribution in [0, 0.1) is 13.8 Å². The van der Waals surface area contributed by atoms with E-state index in [1.807, 2.05) is 26.8 Å². The summed E-state index contributed by atoms with van der Waals surface area (Å²) in [5.41, 5.74) is 4.01. The predicted octanol–water partition coefficient (Wildman–Crippen LogP) is 3.91. The maximum absolute atomic E-state index is 13.4. The van der Waals surface area contributed by atoms with E-state index in [9.17, 15) is 18.0 Å². The molecular weight excluding hydrogens is 456 g/mol. The van der Waals surface area contributed by atoms with Crippen LogP contribution in [-0.4, -0.2) is 37.1 Å². The fraction of sp³-hybridized carbons (Fsp3) is 0.292. The quantitative estimate of drug-likeness (QED) is 0.550. The molecule has 0 bridgehead atoms. The number of anilines is 2. The summed E-state index contributed by atoms with van der Waals surface area (Å²) in [5, 5.41) is 7.15. The van der Waals surface area contributed by atoms with E-state index in [1.165, 1.54) is 17.9 Å². The van der Waals surface area contributed by atoms with Crippen molar-refractivity contribution in [1.29, 1.82) is 0 Å². The lowest BCUT2D eigenvalue weighted by Crippen LogP contribution is -2.15. The molecule has 0 radical (unpaired) electrons. The Labute approximate surface area is 198 Å². The van der Waals surface area contributed by atoms with Gasteiger partial charge in [-0.25, -0.2) is 8.42 Å². The van der Waals surface area contributed by atoms with Gasteiger partial charge in [0.05, 0.1) is 12.8 Å². The fourth-order valence-corrected chi connectivity index (χ4v) is 5.13. The summed E-state index contributed by atoms with van der Waals surface area (Å²) >= 11 is 0. The molecule has 1 aliphatic rings. The third kappa shape index (κ3) is 4.28. The van der Waals surface area contributed by atoms with Crippen molar-refractivity contribution in [3.8, 4) is 16.9 Å². The summed E-state index contributed by atoms with van der Waals surface area (Å²) in [7, 11) is -2.63. The molecule has 1 aromatic heterocycles. The number of methoxy groups -OCH3 is 1. The molecule has 10 heteroatoms. The first kappa shape index (κ1) is 23.5. The van der Waals surface area contributed by atoms with E-state index in [-0.39, 0.29) is 41.1 Å². The molecule has 0 fully saturated rings. The van der Waals surface area contributed by atoms with E-state index in [0.717, 1.165) is 11.1 Å². The average Bonchev–Trinajstić information content (AvgIpc) is 3.10. The number of hydrogen-bond donors (Lipinski definition) is 2. The Morgan fingerprint density at radius 3 is 2.53 bits per heavy atom. The third-order valence-corrected chi connectivity index (χ3v) is 7.26. The van der Waals surface area contributed by atoms with Crippen LogP contribution in [0.1, 0.15) is 41.4 Å². The Hall–Kier alpha value is -3.66. The van der Waals surface area contributed by atoms with Gasteiger partial charge in [0.1, 0.15) is 16.5 Å². The molecule has 0 spiro atoms. The number of rotatable bonds is 6. The van der Waals surface area contributed by atoms with Crippen LogP contribution in [0.5, 0.6) is 5.75 Å². The van der Waals surface area contributed by atoms with Crippen molar-refractivity contribution in [3.63, 3.8) is 0 Å². The lowest BCUT2D eigenvalue weighted by atomic mass is 10.0. The Kier molecular flexibility index (Phi) is 6.18. The van der Waals surface area contributed by atoms with Crippen molar-refractivity contribution in [1.82, 2.24) is 9.78 Å². The molecule has 178 valence electrons. The summed E-state index contributed by atoms with van der Waals surface area (Å²) in [5.74, 6) is -0.183. The molecule has 34 heavy (non-hydrogen) atoms. The van der Waals surface area contributed by atoms with Crippen molar-refractivity contribution in [2.24, 2.45) is 0 Å². The number of carbonyl (C=O) groups excluding carboxylic acids is 2. The Morgan fingerprint density at radius 1 is 1.09 bits per heavy atom. The maximum atomic E-state index is 13.4. The Morgan fingerprint density at radius 2 is 1.85 bits per heavy atom. The molecule has 0 aliphatic carbocycles. The smallest absolute Gasteiger partial charge is 0.265 e. The fourth-order valence-electron chi connectivity index (χ4n) is 3.89. The van der Waals surface area contributed by atoms with Crippen molar-refractivity contribution in [2.75, 3.05) is 17.1 Å². The SMILES string of the molecule is CCc1nn2c(c1-c1ccc(OC)c(S(=O)(=O)Nc3ccc(C)c(C)c3)c1)NC(=O)CCC2=O. The predicted molar refractivity (Wildman–Crippen MR) is 129 cm³/mol. The summed E-state index contributed by atoms with van der Waals surface area (Å²) < 4.78 is 35.9. The number of aromatic nitrogens is 2. The first-order valence-electron chi connectivity index (χ1n) is 10.9. The highest BCUT2D eigenvalue weighted by Gasteiger charge is 2.28. The number of sulfonamides is 1. The molecule has 0 unspecified atom stereocenters. The van der Waals surface area contributed by atoms with Gasteiger partial charge < -0.3 is 10.1 Å². The van der Waals surface area contributed by atoms with Gasteiger partial charge in [0.25, 0.3) is 10.0 Å². The van der Waals surface area contributed by atoms with Gasteiger partial charge >= 0.3 is 0 Å². The molecule has 2 N–H and O–H groups in total. The number of hydrogen-bond acceptors (Lipinski definition) is 6. The molecule has 2 aromatic carbocycles. The van der Waals surface area contributed by atoms with E-state index in [1.54, 1.807) is 24.3 Å². The standard InChI is InChI=1S/C24H26N4O5S/c1-5-18-23(24-25-21(29)10-11-22(30)28(24)26-18)16-7-9-19(33-4)20(13-16)34(31,32)27-17-8-6-14(2)15(3)12-17/h6-9,12-13,27H,5,10-11H2,1-4H3,(H,25,29).